The van der Waals surface area contributed by atoms with E-state index in [2.05, 4.69) is 17.2 Å². The van der Waals surface area contributed by atoms with Gasteiger partial charge in [-0.15, -0.1) is 0 Å². The lowest BCUT2D eigenvalue weighted by atomic mass is 9.95. The Morgan fingerprint density at radius 2 is 2.53 bits per heavy atom. The predicted molar refractivity (Wildman–Crippen MR) is 73.8 cm³/mol. The molecule has 2 atom stereocenters. The van der Waals surface area contributed by atoms with Crippen LogP contribution in [0.2, 0.25) is 5.15 Å². The van der Waals surface area contributed by atoms with Gasteiger partial charge in [-0.2, -0.15) is 5.26 Å². The van der Waals surface area contributed by atoms with Crippen molar-refractivity contribution in [3.63, 3.8) is 0 Å². The average molecular weight is 280 g/mol. The highest BCUT2D eigenvalue weighted by Gasteiger charge is 2.20. The second-order valence-corrected chi connectivity index (χ2v) is 5.30. The average Bonchev–Trinajstić information content (AvgIpc) is 2.47. The number of halogens is 1. The van der Waals surface area contributed by atoms with Crippen LogP contribution in [-0.4, -0.2) is 24.2 Å². The summed E-state index contributed by atoms with van der Waals surface area (Å²) in [5.74, 6) is 0.560. The van der Waals surface area contributed by atoms with E-state index in [1.54, 1.807) is 12.3 Å². The van der Waals surface area contributed by atoms with E-state index in [1.165, 1.54) is 6.42 Å². The summed E-state index contributed by atoms with van der Waals surface area (Å²) in [6.07, 6.45) is 4.05. The summed E-state index contributed by atoms with van der Waals surface area (Å²) in [5.41, 5.74) is 1.40. The van der Waals surface area contributed by atoms with Crippen molar-refractivity contribution >= 4 is 11.6 Å². The van der Waals surface area contributed by atoms with Crippen molar-refractivity contribution in [2.45, 2.75) is 32.4 Å². The van der Waals surface area contributed by atoms with E-state index in [1.807, 2.05) is 6.07 Å². The number of aromatic nitrogens is 1. The lowest BCUT2D eigenvalue weighted by Crippen LogP contribution is -2.37. The van der Waals surface area contributed by atoms with Crippen LogP contribution in [-0.2, 0) is 11.3 Å². The second kappa shape index (κ2) is 6.85. The molecule has 0 radical (unpaired) electrons. The Balaban J connectivity index is 1.89. The molecule has 0 aliphatic carbocycles. The number of nitrogens with zero attached hydrogens (tertiary/aromatic N) is 2. The summed E-state index contributed by atoms with van der Waals surface area (Å²) in [7, 11) is 0. The van der Waals surface area contributed by atoms with Crippen LogP contribution in [0.25, 0.3) is 0 Å². The number of ether oxygens (including phenoxy) is 1. The van der Waals surface area contributed by atoms with Gasteiger partial charge in [0.2, 0.25) is 0 Å². The molecule has 0 bridgehead atoms. The van der Waals surface area contributed by atoms with Crippen LogP contribution in [0.4, 0.5) is 0 Å². The summed E-state index contributed by atoms with van der Waals surface area (Å²) >= 11 is 5.81. The fourth-order valence-corrected chi connectivity index (χ4v) is 2.42. The van der Waals surface area contributed by atoms with Crippen molar-refractivity contribution in [3.05, 3.63) is 28.5 Å². The minimum Gasteiger partial charge on any atom is -0.381 e. The van der Waals surface area contributed by atoms with Crippen LogP contribution in [0.5, 0.6) is 0 Å². The highest BCUT2D eigenvalue weighted by Crippen LogP contribution is 2.18. The zero-order valence-electron chi connectivity index (χ0n) is 11.0. The van der Waals surface area contributed by atoms with E-state index < -0.39 is 0 Å². The maximum Gasteiger partial charge on any atom is 0.146 e. The zero-order valence-corrected chi connectivity index (χ0v) is 11.8. The highest BCUT2D eigenvalue weighted by molar-refractivity contribution is 6.30. The number of hydrogen-bond acceptors (Lipinski definition) is 4. The van der Waals surface area contributed by atoms with E-state index in [0.717, 1.165) is 25.2 Å². The molecule has 0 saturated carbocycles. The van der Waals surface area contributed by atoms with Gasteiger partial charge < -0.3 is 10.1 Å². The van der Waals surface area contributed by atoms with Crippen molar-refractivity contribution in [3.8, 4) is 6.07 Å². The maximum absolute atomic E-state index is 8.91. The lowest BCUT2D eigenvalue weighted by molar-refractivity contribution is 0.0417. The molecule has 19 heavy (non-hydrogen) atoms. The van der Waals surface area contributed by atoms with Gasteiger partial charge in [0.1, 0.15) is 11.2 Å². The first-order valence-corrected chi connectivity index (χ1v) is 6.94. The van der Waals surface area contributed by atoms with E-state index in [4.69, 9.17) is 21.6 Å². The Morgan fingerprint density at radius 3 is 3.21 bits per heavy atom. The molecule has 102 valence electrons. The van der Waals surface area contributed by atoms with Crippen LogP contribution in [0.1, 0.15) is 30.9 Å². The molecule has 1 N–H and O–H groups in total. The summed E-state index contributed by atoms with van der Waals surface area (Å²) in [4.78, 5) is 4.02. The Labute approximate surface area is 118 Å². The normalized spacial score (nSPS) is 20.8. The van der Waals surface area contributed by atoms with Crippen molar-refractivity contribution in [2.75, 3.05) is 13.2 Å². The van der Waals surface area contributed by atoms with Crippen LogP contribution < -0.4 is 5.32 Å². The molecule has 0 amide bonds. The third kappa shape index (κ3) is 3.90. The lowest BCUT2D eigenvalue weighted by Gasteiger charge is -2.28. The quantitative estimate of drug-likeness (QED) is 0.861. The fourth-order valence-electron chi connectivity index (χ4n) is 2.27. The molecule has 2 rings (SSSR count). The Bertz CT molecular complexity index is 466. The van der Waals surface area contributed by atoms with E-state index >= 15 is 0 Å². The van der Waals surface area contributed by atoms with Gasteiger partial charge in [0, 0.05) is 25.4 Å². The minimum atomic E-state index is 0.264. The predicted octanol–water partition coefficient (Wildman–Crippen LogP) is 2.51. The molecule has 0 spiro atoms. The smallest absolute Gasteiger partial charge is 0.146 e. The van der Waals surface area contributed by atoms with Gasteiger partial charge in [-0.1, -0.05) is 11.6 Å². The van der Waals surface area contributed by atoms with Gasteiger partial charge in [-0.25, -0.2) is 4.98 Å². The molecular weight excluding hydrogens is 262 g/mol. The van der Waals surface area contributed by atoms with Gasteiger partial charge in [0.25, 0.3) is 0 Å². The van der Waals surface area contributed by atoms with E-state index in [-0.39, 0.29) is 5.15 Å². The molecular formula is C14H18ClN3O. The molecule has 1 aliphatic heterocycles. The first-order chi connectivity index (χ1) is 9.20. The topological polar surface area (TPSA) is 57.9 Å². The van der Waals surface area contributed by atoms with Crippen molar-refractivity contribution in [1.82, 2.24) is 10.3 Å². The first-order valence-electron chi connectivity index (χ1n) is 6.56. The van der Waals surface area contributed by atoms with Gasteiger partial charge >= 0.3 is 0 Å². The maximum atomic E-state index is 8.91. The van der Waals surface area contributed by atoms with Crippen LogP contribution >= 0.6 is 11.6 Å². The second-order valence-electron chi connectivity index (χ2n) is 4.94. The van der Waals surface area contributed by atoms with Gasteiger partial charge in [-0.05, 0) is 37.3 Å². The van der Waals surface area contributed by atoms with Gasteiger partial charge in [0.05, 0.1) is 12.2 Å². The molecule has 2 heterocycles. The molecule has 5 heteroatoms. The fraction of sp³-hybridized carbons (Fsp3) is 0.571. The Hall–Kier alpha value is -1.15. The Kier molecular flexibility index (Phi) is 5.15. The summed E-state index contributed by atoms with van der Waals surface area (Å²) in [5, 5.41) is 12.6. The number of nitriles is 1. The molecule has 1 fully saturated rings. The molecule has 1 aliphatic rings. The largest absolute Gasteiger partial charge is 0.381 e. The van der Waals surface area contributed by atoms with Crippen molar-refractivity contribution < 1.29 is 4.74 Å². The molecule has 1 saturated heterocycles. The number of nitrogens with one attached hydrogen (secondary N) is 1. The Morgan fingerprint density at radius 1 is 1.68 bits per heavy atom. The molecule has 4 nitrogen and oxygen atoms in total. The molecule has 1 aromatic heterocycles. The summed E-state index contributed by atoms with van der Waals surface area (Å²) in [6.45, 7) is 4.58. The van der Waals surface area contributed by atoms with E-state index in [9.17, 15) is 0 Å². The molecule has 0 unspecified atom stereocenters. The highest BCUT2D eigenvalue weighted by atomic mass is 35.5. The number of rotatable bonds is 4. The number of pyridine rings is 1. The minimum absolute atomic E-state index is 0.264. The van der Waals surface area contributed by atoms with Gasteiger partial charge in [-0.3, -0.25) is 0 Å². The van der Waals surface area contributed by atoms with E-state index in [0.29, 0.717) is 24.1 Å². The monoisotopic (exact) mass is 279 g/mol. The molecule has 0 aromatic carbocycles. The SMILES string of the molecule is C[C@@H](NCc1cnc(Cl)c(C#N)c1)[C@H]1CCCOC1. The molecule has 1 aromatic rings. The van der Waals surface area contributed by atoms with Crippen molar-refractivity contribution in [2.24, 2.45) is 5.92 Å². The van der Waals surface area contributed by atoms with Gasteiger partial charge in [0.15, 0.2) is 0 Å². The van der Waals surface area contributed by atoms with Crippen molar-refractivity contribution in [1.29, 1.82) is 5.26 Å². The first kappa shape index (κ1) is 14.3. The number of hydrogen-bond donors (Lipinski definition) is 1. The third-order valence-corrected chi connectivity index (χ3v) is 3.85. The standard InChI is InChI=1S/C14H18ClN3O/c1-10(12-3-2-4-19-9-12)17-7-11-5-13(6-16)14(15)18-8-11/h5,8,10,12,17H,2-4,7,9H2,1H3/t10-,12+/m1/s1. The zero-order chi connectivity index (χ0) is 13.7. The summed E-state index contributed by atoms with van der Waals surface area (Å²) in [6, 6.07) is 4.22. The van der Waals surface area contributed by atoms with Crippen LogP contribution in [0.3, 0.4) is 0 Å². The third-order valence-electron chi connectivity index (χ3n) is 3.55. The van der Waals surface area contributed by atoms with Crippen LogP contribution in [0, 0.1) is 17.2 Å². The van der Waals surface area contributed by atoms with Crippen LogP contribution in [0.15, 0.2) is 12.3 Å². The summed E-state index contributed by atoms with van der Waals surface area (Å²) < 4.78 is 5.49.